The highest BCUT2D eigenvalue weighted by Gasteiger charge is 2.16. The zero-order valence-corrected chi connectivity index (χ0v) is 9.28. The molecule has 0 heteroatoms. The van der Waals surface area contributed by atoms with Gasteiger partial charge in [0.2, 0.25) is 0 Å². The van der Waals surface area contributed by atoms with Crippen LogP contribution in [0.3, 0.4) is 0 Å². The van der Waals surface area contributed by atoms with E-state index in [0.717, 1.165) is 0 Å². The predicted octanol–water partition coefficient (Wildman–Crippen LogP) is 4.74. The van der Waals surface area contributed by atoms with Crippen molar-refractivity contribution in [2.24, 2.45) is 5.41 Å². The Morgan fingerprint density at radius 3 is 1.38 bits per heavy atom. The number of hydrogen-bond donors (Lipinski definition) is 0. The lowest BCUT2D eigenvalue weighted by atomic mass is 9.82. The fourth-order valence-electron chi connectivity index (χ4n) is 2.29. The second-order valence-corrected chi connectivity index (χ2v) is 5.14. The quantitative estimate of drug-likeness (QED) is 0.506. The summed E-state index contributed by atoms with van der Waals surface area (Å²) in [7, 11) is 0. The van der Waals surface area contributed by atoms with E-state index in [1.54, 1.807) is 0 Å². The van der Waals surface area contributed by atoms with Gasteiger partial charge in [-0.15, -0.1) is 0 Å². The van der Waals surface area contributed by atoms with Crippen LogP contribution in [0.1, 0.15) is 71.1 Å². The van der Waals surface area contributed by atoms with E-state index in [1.807, 2.05) is 0 Å². The second kappa shape index (κ2) is 5.67. The smallest absolute Gasteiger partial charge is 0.0326 e. The normalized spacial score (nSPS) is 26.3. The first kappa shape index (κ1) is 11.1. The Hall–Kier alpha value is 0. The third kappa shape index (κ3) is 5.33. The lowest BCUT2D eigenvalue weighted by Gasteiger charge is -2.23. The molecular weight excluding hydrogens is 156 g/mol. The Morgan fingerprint density at radius 1 is 0.692 bits per heavy atom. The van der Waals surface area contributed by atoms with E-state index in [-0.39, 0.29) is 0 Å². The van der Waals surface area contributed by atoms with Gasteiger partial charge in [0.05, 0.1) is 0 Å². The van der Waals surface area contributed by atoms with Gasteiger partial charge in [-0.05, 0) is 25.2 Å². The van der Waals surface area contributed by atoms with Crippen molar-refractivity contribution in [1.29, 1.82) is 0 Å². The van der Waals surface area contributed by atoms with Crippen LogP contribution in [0.2, 0.25) is 0 Å². The van der Waals surface area contributed by atoms with Crippen LogP contribution in [0.15, 0.2) is 0 Å². The SMILES string of the molecule is [CH2]C1(C)CCCCCCCCCC1. The van der Waals surface area contributed by atoms with E-state index in [9.17, 15) is 0 Å². The van der Waals surface area contributed by atoms with E-state index < -0.39 is 0 Å². The summed E-state index contributed by atoms with van der Waals surface area (Å²) < 4.78 is 0. The van der Waals surface area contributed by atoms with Crippen molar-refractivity contribution in [3.05, 3.63) is 6.92 Å². The fraction of sp³-hybridized carbons (Fsp3) is 0.923. The molecule has 0 aromatic carbocycles. The van der Waals surface area contributed by atoms with Gasteiger partial charge < -0.3 is 0 Å². The van der Waals surface area contributed by atoms with Gasteiger partial charge in [0.15, 0.2) is 0 Å². The molecule has 0 aromatic rings. The molecule has 0 aromatic heterocycles. The molecule has 1 fully saturated rings. The third-order valence-corrected chi connectivity index (χ3v) is 3.31. The zero-order valence-electron chi connectivity index (χ0n) is 9.28. The standard InChI is InChI=1S/C13H25/c1-13(2)11-9-7-5-3-4-6-8-10-12-13/h1,3-12H2,2H3. The monoisotopic (exact) mass is 181 g/mol. The van der Waals surface area contributed by atoms with Gasteiger partial charge in [0, 0.05) is 0 Å². The highest BCUT2D eigenvalue weighted by atomic mass is 14.2. The van der Waals surface area contributed by atoms with E-state index >= 15 is 0 Å². The van der Waals surface area contributed by atoms with Gasteiger partial charge in [0.25, 0.3) is 0 Å². The third-order valence-electron chi connectivity index (χ3n) is 3.31. The summed E-state index contributed by atoms with van der Waals surface area (Å²) in [6.45, 7) is 6.67. The predicted molar refractivity (Wildman–Crippen MR) is 59.6 cm³/mol. The average molecular weight is 181 g/mol. The zero-order chi connectivity index (χ0) is 9.57. The Balaban J connectivity index is 2.27. The molecule has 0 saturated heterocycles. The number of hydrogen-bond acceptors (Lipinski definition) is 0. The van der Waals surface area contributed by atoms with Crippen LogP contribution in [0.4, 0.5) is 0 Å². The maximum atomic E-state index is 4.33. The van der Waals surface area contributed by atoms with Gasteiger partial charge in [0.1, 0.15) is 0 Å². The van der Waals surface area contributed by atoms with E-state index in [1.165, 1.54) is 64.2 Å². The summed E-state index contributed by atoms with van der Waals surface area (Å²) in [6, 6.07) is 0. The summed E-state index contributed by atoms with van der Waals surface area (Å²) in [4.78, 5) is 0. The molecule has 1 saturated carbocycles. The van der Waals surface area contributed by atoms with Crippen LogP contribution < -0.4 is 0 Å². The lowest BCUT2D eigenvalue weighted by molar-refractivity contribution is 0.329. The van der Waals surface area contributed by atoms with Gasteiger partial charge in [-0.3, -0.25) is 0 Å². The summed E-state index contributed by atoms with van der Waals surface area (Å²) in [5.74, 6) is 0. The maximum absolute atomic E-state index is 4.33. The van der Waals surface area contributed by atoms with Gasteiger partial charge in [-0.1, -0.05) is 58.3 Å². The number of rotatable bonds is 0. The molecule has 0 aliphatic heterocycles. The molecule has 0 amide bonds. The molecule has 0 spiro atoms. The van der Waals surface area contributed by atoms with Crippen molar-refractivity contribution in [1.82, 2.24) is 0 Å². The summed E-state index contributed by atoms with van der Waals surface area (Å²) in [5.41, 5.74) is 0.379. The van der Waals surface area contributed by atoms with E-state index in [0.29, 0.717) is 5.41 Å². The minimum atomic E-state index is 0.379. The highest BCUT2D eigenvalue weighted by molar-refractivity contribution is 4.76. The first-order valence-corrected chi connectivity index (χ1v) is 6.06. The van der Waals surface area contributed by atoms with E-state index in [2.05, 4.69) is 13.8 Å². The molecule has 0 unspecified atom stereocenters. The van der Waals surface area contributed by atoms with Gasteiger partial charge in [-0.2, -0.15) is 0 Å². The van der Waals surface area contributed by atoms with Crippen LogP contribution in [-0.4, -0.2) is 0 Å². The van der Waals surface area contributed by atoms with E-state index in [4.69, 9.17) is 0 Å². The van der Waals surface area contributed by atoms with Crippen molar-refractivity contribution in [2.75, 3.05) is 0 Å². The van der Waals surface area contributed by atoms with Crippen LogP contribution >= 0.6 is 0 Å². The van der Waals surface area contributed by atoms with Gasteiger partial charge in [-0.25, -0.2) is 0 Å². The van der Waals surface area contributed by atoms with Crippen molar-refractivity contribution in [3.8, 4) is 0 Å². The Labute approximate surface area is 84.1 Å². The molecule has 13 heavy (non-hydrogen) atoms. The molecule has 0 nitrogen and oxygen atoms in total. The summed E-state index contributed by atoms with van der Waals surface area (Å²) in [5, 5.41) is 0. The first-order chi connectivity index (χ1) is 6.21. The molecule has 1 rings (SSSR count). The molecule has 1 aliphatic carbocycles. The topological polar surface area (TPSA) is 0 Å². The van der Waals surface area contributed by atoms with Crippen LogP contribution in [0.25, 0.3) is 0 Å². The van der Waals surface area contributed by atoms with Crippen molar-refractivity contribution in [3.63, 3.8) is 0 Å². The molecule has 0 heterocycles. The van der Waals surface area contributed by atoms with Crippen molar-refractivity contribution < 1.29 is 0 Å². The van der Waals surface area contributed by atoms with Crippen molar-refractivity contribution in [2.45, 2.75) is 71.1 Å². The van der Waals surface area contributed by atoms with Crippen LogP contribution in [-0.2, 0) is 0 Å². The maximum Gasteiger partial charge on any atom is -0.0326 e. The second-order valence-electron chi connectivity index (χ2n) is 5.14. The molecule has 1 radical (unpaired) electrons. The first-order valence-electron chi connectivity index (χ1n) is 6.06. The molecular formula is C13H25. The molecule has 1 aliphatic rings. The Kier molecular flexibility index (Phi) is 4.83. The Bertz CT molecular complexity index is 110. The van der Waals surface area contributed by atoms with Crippen molar-refractivity contribution >= 4 is 0 Å². The average Bonchev–Trinajstić information content (AvgIpc) is 2.10. The minimum absolute atomic E-state index is 0.379. The van der Waals surface area contributed by atoms with Crippen LogP contribution in [0.5, 0.6) is 0 Å². The van der Waals surface area contributed by atoms with Crippen LogP contribution in [0, 0.1) is 12.3 Å². The Morgan fingerprint density at radius 2 is 1.00 bits per heavy atom. The minimum Gasteiger partial charge on any atom is -0.0596 e. The summed E-state index contributed by atoms with van der Waals surface area (Å²) in [6.07, 6.45) is 14.2. The molecule has 0 atom stereocenters. The molecule has 0 N–H and O–H groups in total. The lowest BCUT2D eigenvalue weighted by Crippen LogP contribution is -2.11. The van der Waals surface area contributed by atoms with Gasteiger partial charge >= 0.3 is 0 Å². The molecule has 0 bridgehead atoms. The largest absolute Gasteiger partial charge is 0.0596 e. The molecule has 77 valence electrons. The highest BCUT2D eigenvalue weighted by Crippen LogP contribution is 2.30. The summed E-state index contributed by atoms with van der Waals surface area (Å²) >= 11 is 0. The fourth-order valence-corrected chi connectivity index (χ4v) is 2.29.